The van der Waals surface area contributed by atoms with E-state index >= 15 is 0 Å². The van der Waals surface area contributed by atoms with Crippen molar-refractivity contribution in [3.05, 3.63) is 52.5 Å². The third kappa shape index (κ3) is 3.17. The molecule has 0 aliphatic carbocycles. The molecule has 0 unspecified atom stereocenters. The van der Waals surface area contributed by atoms with Gasteiger partial charge in [-0.15, -0.1) is 16.9 Å². The lowest BCUT2D eigenvalue weighted by atomic mass is 9.67. The number of likely N-dealkylation sites (tertiary alicyclic amines) is 1. The Kier molecular flexibility index (Phi) is 5.09. The Morgan fingerprint density at radius 2 is 2.04 bits per heavy atom. The maximum Gasteiger partial charge on any atom is 0.244 e. The molecule has 6 nitrogen and oxygen atoms in total. The highest BCUT2D eigenvalue weighted by Gasteiger charge is 2.48. The van der Waals surface area contributed by atoms with Crippen molar-refractivity contribution in [2.24, 2.45) is 5.73 Å². The minimum absolute atomic E-state index is 0.198. The standard InChI is InChI=1S/C21H25N5OS/c1-3-26-10-8-21(9-11-26)16(12-22)19(23)27-20-18(21)17(24-25-20)13-28-15-6-4-14(2)5-7-15/h4-7H,3,8-11,13,23H2,1-2H3,(H,24,25). The summed E-state index contributed by atoms with van der Waals surface area (Å²) in [5.41, 5.74) is 9.56. The number of nitrogens with zero attached hydrogens (tertiary/aromatic N) is 3. The lowest BCUT2D eigenvalue weighted by Crippen LogP contribution is -2.46. The van der Waals surface area contributed by atoms with Gasteiger partial charge in [0.25, 0.3) is 0 Å². The number of thioether (sulfide) groups is 1. The summed E-state index contributed by atoms with van der Waals surface area (Å²) < 4.78 is 5.73. The molecule has 28 heavy (non-hydrogen) atoms. The van der Waals surface area contributed by atoms with Crippen molar-refractivity contribution >= 4 is 11.8 Å². The van der Waals surface area contributed by atoms with Gasteiger partial charge < -0.3 is 15.4 Å². The molecule has 2 aromatic rings. The first-order valence-corrected chi connectivity index (χ1v) is 10.6. The van der Waals surface area contributed by atoms with Crippen molar-refractivity contribution in [1.29, 1.82) is 5.26 Å². The summed E-state index contributed by atoms with van der Waals surface area (Å²) >= 11 is 1.75. The van der Waals surface area contributed by atoms with Crippen LogP contribution in [0.25, 0.3) is 0 Å². The molecule has 2 aliphatic heterocycles. The molecule has 0 radical (unpaired) electrons. The van der Waals surface area contributed by atoms with Gasteiger partial charge in [-0.3, -0.25) is 5.10 Å². The molecule has 146 valence electrons. The number of nitriles is 1. The number of H-pyrrole nitrogens is 1. The molecular formula is C21H25N5OS. The zero-order valence-corrected chi connectivity index (χ0v) is 17.1. The third-order valence-electron chi connectivity index (χ3n) is 5.89. The molecular weight excluding hydrogens is 370 g/mol. The number of fused-ring (bicyclic) bond motifs is 2. The molecule has 4 rings (SSSR count). The van der Waals surface area contributed by atoms with E-state index in [1.807, 2.05) is 0 Å². The minimum Gasteiger partial charge on any atom is -0.420 e. The summed E-state index contributed by atoms with van der Waals surface area (Å²) in [6.45, 7) is 7.14. The zero-order valence-electron chi connectivity index (χ0n) is 16.3. The van der Waals surface area contributed by atoms with E-state index in [1.54, 1.807) is 11.8 Å². The quantitative estimate of drug-likeness (QED) is 0.771. The fraction of sp³-hybridized carbons (Fsp3) is 0.429. The van der Waals surface area contributed by atoms with Gasteiger partial charge in [-0.25, -0.2) is 0 Å². The van der Waals surface area contributed by atoms with E-state index < -0.39 is 5.41 Å². The number of hydrogen-bond donors (Lipinski definition) is 2. The molecule has 3 heterocycles. The monoisotopic (exact) mass is 395 g/mol. The van der Waals surface area contributed by atoms with Crippen LogP contribution in [0.4, 0.5) is 0 Å². The summed E-state index contributed by atoms with van der Waals surface area (Å²) in [6, 6.07) is 10.8. The van der Waals surface area contributed by atoms with E-state index in [4.69, 9.17) is 10.5 Å². The van der Waals surface area contributed by atoms with Crippen LogP contribution in [0.3, 0.4) is 0 Å². The van der Waals surface area contributed by atoms with Gasteiger partial charge in [0.2, 0.25) is 11.8 Å². The summed E-state index contributed by atoms with van der Waals surface area (Å²) in [6.07, 6.45) is 1.70. The van der Waals surface area contributed by atoms with Gasteiger partial charge in [0.1, 0.15) is 11.6 Å². The number of aromatic nitrogens is 2. The fourth-order valence-corrected chi connectivity index (χ4v) is 5.10. The predicted molar refractivity (Wildman–Crippen MR) is 110 cm³/mol. The van der Waals surface area contributed by atoms with Crippen LogP contribution in [0.2, 0.25) is 0 Å². The second-order valence-electron chi connectivity index (χ2n) is 7.45. The molecule has 0 amide bonds. The van der Waals surface area contributed by atoms with Crippen LogP contribution >= 0.6 is 11.8 Å². The maximum absolute atomic E-state index is 9.87. The molecule has 1 saturated heterocycles. The van der Waals surface area contributed by atoms with Crippen LogP contribution < -0.4 is 10.5 Å². The Hall–Kier alpha value is -2.43. The van der Waals surface area contributed by atoms with Gasteiger partial charge in [0, 0.05) is 21.6 Å². The van der Waals surface area contributed by atoms with Crippen LogP contribution in [0.5, 0.6) is 5.88 Å². The molecule has 1 spiro atoms. The Balaban J connectivity index is 1.67. The van der Waals surface area contributed by atoms with Crippen molar-refractivity contribution < 1.29 is 4.74 Å². The van der Waals surface area contributed by atoms with Crippen molar-refractivity contribution in [2.45, 2.75) is 42.8 Å². The molecule has 7 heteroatoms. The number of hydrogen-bond acceptors (Lipinski definition) is 6. The molecule has 2 aliphatic rings. The number of aryl methyl sites for hydroxylation is 1. The first-order valence-electron chi connectivity index (χ1n) is 9.65. The second kappa shape index (κ2) is 7.53. The van der Waals surface area contributed by atoms with Crippen molar-refractivity contribution in [2.75, 3.05) is 19.6 Å². The molecule has 0 atom stereocenters. The zero-order chi connectivity index (χ0) is 19.7. The summed E-state index contributed by atoms with van der Waals surface area (Å²) in [4.78, 5) is 3.61. The lowest BCUT2D eigenvalue weighted by molar-refractivity contribution is 0.175. The predicted octanol–water partition coefficient (Wildman–Crippen LogP) is 3.45. The van der Waals surface area contributed by atoms with E-state index in [0.29, 0.717) is 11.5 Å². The van der Waals surface area contributed by atoms with Gasteiger partial charge in [0.05, 0.1) is 5.69 Å². The average molecular weight is 396 g/mol. The Labute approximate surface area is 169 Å². The number of nitrogens with one attached hydrogen (secondary N) is 1. The van der Waals surface area contributed by atoms with E-state index in [-0.39, 0.29) is 5.88 Å². The lowest BCUT2D eigenvalue weighted by Gasteiger charge is -2.43. The summed E-state index contributed by atoms with van der Waals surface area (Å²) in [5, 5.41) is 17.4. The highest BCUT2D eigenvalue weighted by Crippen LogP contribution is 2.50. The summed E-state index contributed by atoms with van der Waals surface area (Å²) in [5.74, 6) is 1.47. The SMILES string of the molecule is CCN1CCC2(CC1)C(C#N)=C(N)Oc1n[nH]c(CSc3ccc(C)cc3)c12. The summed E-state index contributed by atoms with van der Waals surface area (Å²) in [7, 11) is 0. The highest BCUT2D eigenvalue weighted by atomic mass is 32.2. The number of nitrogens with two attached hydrogens (primary N) is 1. The molecule has 0 saturated carbocycles. The molecule has 1 aromatic carbocycles. The van der Waals surface area contributed by atoms with E-state index in [1.165, 1.54) is 10.5 Å². The number of rotatable bonds is 4. The van der Waals surface area contributed by atoms with Gasteiger partial charge in [-0.1, -0.05) is 24.6 Å². The fourth-order valence-electron chi connectivity index (χ4n) is 4.25. The molecule has 1 fully saturated rings. The largest absolute Gasteiger partial charge is 0.420 e. The minimum atomic E-state index is -0.408. The van der Waals surface area contributed by atoms with Gasteiger partial charge in [0.15, 0.2) is 0 Å². The van der Waals surface area contributed by atoms with Crippen LogP contribution in [0, 0.1) is 18.3 Å². The Morgan fingerprint density at radius 3 is 2.68 bits per heavy atom. The van der Waals surface area contributed by atoms with E-state index in [9.17, 15) is 5.26 Å². The van der Waals surface area contributed by atoms with Crippen LogP contribution in [-0.2, 0) is 11.2 Å². The second-order valence-corrected chi connectivity index (χ2v) is 8.50. The van der Waals surface area contributed by atoms with Crippen LogP contribution in [0.1, 0.15) is 36.6 Å². The number of piperidine rings is 1. The Morgan fingerprint density at radius 1 is 1.32 bits per heavy atom. The van der Waals surface area contributed by atoms with Crippen LogP contribution in [-0.4, -0.2) is 34.7 Å². The normalized spacial score (nSPS) is 18.6. The van der Waals surface area contributed by atoms with E-state index in [2.05, 4.69) is 59.3 Å². The maximum atomic E-state index is 9.87. The topological polar surface area (TPSA) is 91.0 Å². The number of allylic oxidation sites excluding steroid dienone is 1. The van der Waals surface area contributed by atoms with Crippen molar-refractivity contribution in [3.63, 3.8) is 0 Å². The number of aromatic amines is 1. The first-order chi connectivity index (χ1) is 13.6. The van der Waals surface area contributed by atoms with Crippen molar-refractivity contribution in [3.8, 4) is 11.9 Å². The van der Waals surface area contributed by atoms with E-state index in [0.717, 1.165) is 49.5 Å². The van der Waals surface area contributed by atoms with Gasteiger partial charge in [-0.05, 0) is 51.5 Å². The molecule has 0 bridgehead atoms. The highest BCUT2D eigenvalue weighted by molar-refractivity contribution is 7.98. The number of benzene rings is 1. The first kappa shape index (κ1) is 18.9. The van der Waals surface area contributed by atoms with Crippen molar-refractivity contribution in [1.82, 2.24) is 15.1 Å². The van der Waals surface area contributed by atoms with Crippen LogP contribution in [0.15, 0.2) is 40.6 Å². The number of ether oxygens (including phenoxy) is 1. The Bertz CT molecular complexity index is 933. The third-order valence-corrected chi connectivity index (χ3v) is 6.93. The molecule has 1 aromatic heterocycles. The van der Waals surface area contributed by atoms with Gasteiger partial charge in [-0.2, -0.15) is 5.26 Å². The molecule has 3 N–H and O–H groups in total. The average Bonchev–Trinajstić information content (AvgIpc) is 3.12. The van der Waals surface area contributed by atoms with Gasteiger partial charge >= 0.3 is 0 Å². The smallest absolute Gasteiger partial charge is 0.244 e.